The Labute approximate surface area is 786 Å². The molecule has 0 N–H and O–H groups in total. The number of hydrogen-bond donors (Lipinski definition) is 0. The topological polar surface area (TPSA) is 404 Å². The third kappa shape index (κ3) is 74.6. The van der Waals surface area contributed by atoms with Gasteiger partial charge in [0.2, 0.25) is 0 Å². The maximum absolute atomic E-state index is 14.1. The van der Waals surface area contributed by atoms with Crippen LogP contribution < -0.4 is 0 Å². The van der Waals surface area contributed by atoms with Gasteiger partial charge in [-0.25, -0.2) is 14.4 Å². The Bertz CT molecular complexity index is 2800. The van der Waals surface area contributed by atoms with E-state index < -0.39 is 53.7 Å². The number of nitrogens with zero attached hydrogens (tertiary/aromatic N) is 3. The van der Waals surface area contributed by atoms with Crippen molar-refractivity contribution in [1.82, 2.24) is 14.7 Å². The number of rotatable bonds is 90. The standard InChI is InChI=1S/C99H165N3O30/c1-7-13-19-25-31-43-85(103)118-67-73-124-91(109)49-58-100(59-50-92(110)125-74-68-119-86(104)44-32-26-20-14-8-2)55-37-40-64-130-97(115)82-79-83(98(116)131-65-41-38-56-101(60-51-93(111)126-75-69-120-87(105)45-33-27-21-15-9-3)61-52-94(112)127-76-70-121-88(106)46-34-28-22-16-10-4)81-84(80-82)99(117)132-66-42-39-57-102(62-53-95(113)128-77-71-122-89(107)47-35-29-23-17-11-5)63-54-96(114)129-78-72-123-90(108)48-36-30-24-18-12-6/h79-81H,7-78H2,1-6H3. The summed E-state index contributed by atoms with van der Waals surface area (Å²) < 4.78 is 81.0. The molecule has 0 spiro atoms. The molecule has 1 rings (SSSR count). The summed E-state index contributed by atoms with van der Waals surface area (Å²) in [6.45, 7) is 12.6. The van der Waals surface area contributed by atoms with Crippen molar-refractivity contribution < 1.29 is 143 Å². The molecular formula is C99H165N3O30. The molecule has 0 bridgehead atoms. The zero-order valence-corrected chi connectivity index (χ0v) is 81.2. The molecule has 0 radical (unpaired) electrons. The van der Waals surface area contributed by atoms with E-state index in [4.69, 9.17) is 71.1 Å². The number of carbonyl (C=O) groups is 15. The van der Waals surface area contributed by atoms with Gasteiger partial charge in [0.05, 0.1) is 75.0 Å². The summed E-state index contributed by atoms with van der Waals surface area (Å²) in [5, 5.41) is 0. The minimum absolute atomic E-state index is 0.0822. The van der Waals surface area contributed by atoms with E-state index in [2.05, 4.69) is 41.5 Å². The van der Waals surface area contributed by atoms with Crippen LogP contribution in [0.4, 0.5) is 0 Å². The molecule has 0 saturated carbocycles. The van der Waals surface area contributed by atoms with Crippen LogP contribution in [-0.4, -0.2) is 262 Å². The van der Waals surface area contributed by atoms with Gasteiger partial charge in [-0.05, 0) is 115 Å². The van der Waals surface area contributed by atoms with Gasteiger partial charge in [0, 0.05) is 77.8 Å². The molecule has 0 aromatic heterocycles. The third-order valence-electron chi connectivity index (χ3n) is 21.3. The lowest BCUT2D eigenvalue weighted by Crippen LogP contribution is -2.31. The molecule has 132 heavy (non-hydrogen) atoms. The second kappa shape index (κ2) is 86.3. The Morgan fingerprint density at radius 2 is 0.303 bits per heavy atom. The molecule has 0 aliphatic carbocycles. The first-order valence-corrected chi connectivity index (χ1v) is 49.8. The van der Waals surface area contributed by atoms with E-state index in [1.165, 1.54) is 18.2 Å². The van der Waals surface area contributed by atoms with E-state index in [0.29, 0.717) is 77.4 Å². The van der Waals surface area contributed by atoms with Crippen molar-refractivity contribution in [2.24, 2.45) is 0 Å². The highest BCUT2D eigenvalue weighted by Crippen LogP contribution is 2.19. The monoisotopic (exact) mass is 1880 g/mol. The van der Waals surface area contributed by atoms with Crippen LogP contribution in [-0.2, 0) is 129 Å². The van der Waals surface area contributed by atoms with E-state index in [1.54, 1.807) is 0 Å². The van der Waals surface area contributed by atoms with Gasteiger partial charge in [0.1, 0.15) is 79.3 Å². The molecule has 0 aliphatic heterocycles. The Morgan fingerprint density at radius 3 is 0.455 bits per heavy atom. The van der Waals surface area contributed by atoms with E-state index in [0.717, 1.165) is 154 Å². The highest BCUT2D eigenvalue weighted by atomic mass is 16.6. The second-order valence-corrected chi connectivity index (χ2v) is 33.0. The quantitative estimate of drug-likeness (QED) is 0.0332. The molecular weight excluding hydrogens is 1710 g/mol. The van der Waals surface area contributed by atoms with E-state index in [-0.39, 0.29) is 287 Å². The number of unbranched alkanes of at least 4 members (excludes halogenated alkanes) is 27. The summed E-state index contributed by atoms with van der Waals surface area (Å²) in [5.41, 5.74) is -0.593. The molecule has 0 atom stereocenters. The van der Waals surface area contributed by atoms with Crippen LogP contribution in [0.2, 0.25) is 0 Å². The maximum atomic E-state index is 14.1. The number of esters is 15. The molecule has 0 aliphatic rings. The Hall–Kier alpha value is -8.85. The van der Waals surface area contributed by atoms with Gasteiger partial charge in [-0.3, -0.25) is 57.5 Å². The first-order valence-electron chi connectivity index (χ1n) is 49.8. The van der Waals surface area contributed by atoms with Crippen LogP contribution >= 0.6 is 0 Å². The Morgan fingerprint density at radius 1 is 0.159 bits per heavy atom. The molecule has 0 saturated heterocycles. The second-order valence-electron chi connectivity index (χ2n) is 33.0. The fourth-order valence-corrected chi connectivity index (χ4v) is 13.5. The summed E-state index contributed by atoms with van der Waals surface area (Å²) in [7, 11) is 0. The van der Waals surface area contributed by atoms with Crippen molar-refractivity contribution in [2.75, 3.05) is 158 Å². The lowest BCUT2D eigenvalue weighted by Gasteiger charge is -2.21. The van der Waals surface area contributed by atoms with Gasteiger partial charge in [-0.15, -0.1) is 0 Å². The molecule has 0 amide bonds. The van der Waals surface area contributed by atoms with Crippen molar-refractivity contribution in [3.8, 4) is 0 Å². The largest absolute Gasteiger partial charge is 0.462 e. The molecule has 1 aromatic carbocycles. The van der Waals surface area contributed by atoms with Crippen LogP contribution in [0.25, 0.3) is 0 Å². The summed E-state index contributed by atoms with van der Waals surface area (Å²) in [5.74, 6) is -8.33. The van der Waals surface area contributed by atoms with Crippen molar-refractivity contribution in [3.63, 3.8) is 0 Å². The van der Waals surface area contributed by atoms with Crippen molar-refractivity contribution in [3.05, 3.63) is 34.9 Å². The smallest absolute Gasteiger partial charge is 0.338 e. The van der Waals surface area contributed by atoms with Crippen LogP contribution in [0.1, 0.15) is 381 Å². The van der Waals surface area contributed by atoms with Gasteiger partial charge in [0.15, 0.2) is 0 Å². The van der Waals surface area contributed by atoms with Gasteiger partial charge >= 0.3 is 89.5 Å². The average molecular weight is 1880 g/mol. The zero-order chi connectivity index (χ0) is 96.8. The van der Waals surface area contributed by atoms with Crippen molar-refractivity contribution in [1.29, 1.82) is 0 Å². The van der Waals surface area contributed by atoms with Gasteiger partial charge < -0.3 is 85.8 Å². The highest BCUT2D eigenvalue weighted by molar-refractivity contribution is 6.00. The summed E-state index contributed by atoms with van der Waals surface area (Å²) in [4.78, 5) is 199. The van der Waals surface area contributed by atoms with Crippen molar-refractivity contribution in [2.45, 2.75) is 350 Å². The van der Waals surface area contributed by atoms with Crippen LogP contribution in [0.3, 0.4) is 0 Å². The summed E-state index contributed by atoms with van der Waals surface area (Å²) in [6.07, 6.45) is 32.0. The van der Waals surface area contributed by atoms with E-state index >= 15 is 0 Å². The lowest BCUT2D eigenvalue weighted by molar-refractivity contribution is -0.153. The SMILES string of the molecule is CCCCCCCC(=O)OCCOC(=O)CCN(CCCCOC(=O)c1cc(C(=O)OCCCCN(CCC(=O)OCCOC(=O)CCCCCCC)CCC(=O)OCCOC(=O)CCCCCCC)cc(C(=O)OCCCCN(CCC(=O)OCCOC(=O)CCCCCCC)CCC(=O)OCCOC(=O)CCCCCCC)c1)CCC(=O)OCCOC(=O)CCCCCCC. The normalized spacial score (nSPS) is 11.1. The van der Waals surface area contributed by atoms with E-state index in [1.807, 2.05) is 14.7 Å². The molecule has 0 fully saturated rings. The number of hydrogen-bond acceptors (Lipinski definition) is 33. The molecule has 0 unspecified atom stereocenters. The zero-order valence-electron chi connectivity index (χ0n) is 81.2. The first kappa shape index (κ1) is 121. The third-order valence-corrected chi connectivity index (χ3v) is 21.3. The minimum atomic E-state index is -0.908. The molecule has 33 heteroatoms. The van der Waals surface area contributed by atoms with Gasteiger partial charge in [-0.1, -0.05) is 196 Å². The van der Waals surface area contributed by atoms with Crippen LogP contribution in [0.15, 0.2) is 18.2 Å². The van der Waals surface area contributed by atoms with Gasteiger partial charge in [0.25, 0.3) is 0 Å². The molecule has 756 valence electrons. The number of ether oxygens (including phenoxy) is 15. The maximum Gasteiger partial charge on any atom is 0.338 e. The summed E-state index contributed by atoms with van der Waals surface area (Å²) in [6, 6.07) is 3.66. The van der Waals surface area contributed by atoms with Crippen LogP contribution in [0, 0.1) is 0 Å². The highest BCUT2D eigenvalue weighted by Gasteiger charge is 2.23. The van der Waals surface area contributed by atoms with Crippen LogP contribution in [0.5, 0.6) is 0 Å². The molecule has 33 nitrogen and oxygen atoms in total. The number of carbonyl (C=O) groups excluding carboxylic acids is 15. The fourth-order valence-electron chi connectivity index (χ4n) is 13.5. The van der Waals surface area contributed by atoms with E-state index in [9.17, 15) is 71.9 Å². The lowest BCUT2D eigenvalue weighted by atomic mass is 10.1. The number of benzene rings is 1. The Balaban J connectivity index is 3.46. The average Bonchev–Trinajstić information content (AvgIpc) is 0.825. The first-order chi connectivity index (χ1) is 64.0. The van der Waals surface area contributed by atoms with Gasteiger partial charge in [-0.2, -0.15) is 0 Å². The summed E-state index contributed by atoms with van der Waals surface area (Å²) >= 11 is 0. The fraction of sp³-hybridized carbons (Fsp3) is 0.788. The minimum Gasteiger partial charge on any atom is -0.462 e. The Kier molecular flexibility index (Phi) is 79.2. The van der Waals surface area contributed by atoms with Crippen molar-refractivity contribution >= 4 is 89.5 Å². The molecule has 0 heterocycles. The predicted molar refractivity (Wildman–Crippen MR) is 494 cm³/mol. The molecule has 1 aromatic rings. The predicted octanol–water partition coefficient (Wildman–Crippen LogP) is 16.4.